The summed E-state index contributed by atoms with van der Waals surface area (Å²) in [6.07, 6.45) is 2.59. The Morgan fingerprint density at radius 2 is 1.95 bits per heavy atom. The topological polar surface area (TPSA) is 59.3 Å². The first kappa shape index (κ1) is 15.5. The fourth-order valence-electron chi connectivity index (χ4n) is 3.41. The second-order valence-electron chi connectivity index (χ2n) is 5.46. The van der Waals surface area contributed by atoms with Crippen molar-refractivity contribution in [3.63, 3.8) is 0 Å². The fourth-order valence-corrected chi connectivity index (χ4v) is 6.14. The summed E-state index contributed by atoms with van der Waals surface area (Å²) in [4.78, 5) is 13.1. The number of carbonyl (C=O) groups is 1. The van der Waals surface area contributed by atoms with Crippen LogP contribution in [0.4, 0.5) is 0 Å². The predicted molar refractivity (Wildman–Crippen MR) is 82.6 cm³/mol. The van der Waals surface area contributed by atoms with Crippen molar-refractivity contribution in [1.82, 2.24) is 0 Å². The Labute approximate surface area is 136 Å². The number of nitrogens with zero attached hydrogens (tertiary/aromatic N) is 1. The van der Waals surface area contributed by atoms with E-state index in [1.165, 1.54) is 18.7 Å². The number of ketones is 1. The normalized spacial score (nSPS) is 29.0. The summed E-state index contributed by atoms with van der Waals surface area (Å²) in [5, 5.41) is 9.36. The summed E-state index contributed by atoms with van der Waals surface area (Å²) >= 11 is 0.185. The van der Waals surface area contributed by atoms with Crippen LogP contribution in [0.2, 0.25) is 4.82 Å². The Morgan fingerprint density at radius 3 is 2.55 bits per heavy atom. The first-order chi connectivity index (χ1) is 10.7. The molecule has 0 unspecified atom stereocenters. The first-order valence-electron chi connectivity index (χ1n) is 7.14. The zero-order valence-electron chi connectivity index (χ0n) is 12.5. The molecule has 1 fully saturated rings. The number of methoxy groups -OCH3 is 2. The molecule has 22 heavy (non-hydrogen) atoms. The van der Waals surface area contributed by atoms with Crippen molar-refractivity contribution >= 4 is 25.2 Å². The van der Waals surface area contributed by atoms with Crippen molar-refractivity contribution in [2.45, 2.75) is 17.0 Å². The number of nitriles is 1. The fraction of sp³-hybridized carbons (Fsp3) is 0.412. The van der Waals surface area contributed by atoms with Crippen LogP contribution in [0, 0.1) is 23.2 Å². The van der Waals surface area contributed by atoms with Crippen LogP contribution in [0.3, 0.4) is 0 Å². The molecule has 0 N–H and O–H groups in total. The van der Waals surface area contributed by atoms with Crippen molar-refractivity contribution < 1.29 is 14.3 Å². The quantitative estimate of drug-likeness (QED) is 0.601. The van der Waals surface area contributed by atoms with Gasteiger partial charge in [0, 0.05) is 0 Å². The summed E-state index contributed by atoms with van der Waals surface area (Å²) in [7, 11) is 2.96. The zero-order chi connectivity index (χ0) is 15.7. The van der Waals surface area contributed by atoms with Gasteiger partial charge >= 0.3 is 136 Å². The molecule has 0 spiro atoms. The molecule has 0 aromatic heterocycles. The molecule has 0 radical (unpaired) electrons. The van der Waals surface area contributed by atoms with E-state index in [-0.39, 0.29) is 37.4 Å². The summed E-state index contributed by atoms with van der Waals surface area (Å²) in [5.74, 6) is -1.93. The number of hydrogen-bond acceptors (Lipinski definition) is 4. The van der Waals surface area contributed by atoms with Gasteiger partial charge in [-0.2, -0.15) is 0 Å². The van der Waals surface area contributed by atoms with Crippen LogP contribution >= 0.6 is 0 Å². The Bertz CT molecular complexity index is 646. The molecule has 3 aliphatic rings. The van der Waals surface area contributed by atoms with Crippen molar-refractivity contribution in [1.29, 1.82) is 5.26 Å². The van der Waals surface area contributed by atoms with Crippen molar-refractivity contribution in [2.75, 3.05) is 14.2 Å². The van der Waals surface area contributed by atoms with E-state index in [0.29, 0.717) is 5.57 Å². The Morgan fingerprint density at radius 1 is 1.27 bits per heavy atom. The summed E-state index contributed by atoms with van der Waals surface area (Å²) in [6, 6.07) is 12.4. The van der Waals surface area contributed by atoms with Gasteiger partial charge in [-0.25, -0.2) is 0 Å². The second kappa shape index (κ2) is 5.98. The number of benzene rings is 1. The van der Waals surface area contributed by atoms with Crippen LogP contribution in [0.1, 0.15) is 6.42 Å². The molecule has 1 aromatic carbocycles. The van der Waals surface area contributed by atoms with E-state index in [0.717, 1.165) is 6.42 Å². The van der Waals surface area contributed by atoms with Gasteiger partial charge in [-0.05, 0) is 0 Å². The summed E-state index contributed by atoms with van der Waals surface area (Å²) < 4.78 is 12.2. The molecule has 0 amide bonds. The molecule has 3 aliphatic carbocycles. The predicted octanol–water partition coefficient (Wildman–Crippen LogP) is 1.46. The average Bonchev–Trinajstić information content (AvgIpc) is 2.57. The number of hydrogen-bond donors (Lipinski definition) is 0. The van der Waals surface area contributed by atoms with Gasteiger partial charge < -0.3 is 0 Å². The zero-order valence-corrected chi connectivity index (χ0v) is 14.2. The van der Waals surface area contributed by atoms with E-state index in [2.05, 4.69) is 18.2 Å². The van der Waals surface area contributed by atoms with E-state index in [4.69, 9.17) is 9.47 Å². The number of carbonyl (C=O) groups excluding carboxylic acids is 1. The molecule has 3 atom stereocenters. The van der Waals surface area contributed by atoms with Crippen molar-refractivity contribution in [2.24, 2.45) is 11.8 Å². The molecule has 4 nitrogen and oxygen atoms in total. The van der Waals surface area contributed by atoms with Gasteiger partial charge in [-0.3, -0.25) is 0 Å². The van der Waals surface area contributed by atoms with Gasteiger partial charge in [0.05, 0.1) is 0 Å². The van der Waals surface area contributed by atoms with Gasteiger partial charge in [0.1, 0.15) is 0 Å². The number of fused-ring (bicyclic) bond motifs is 2. The van der Waals surface area contributed by atoms with Gasteiger partial charge in [-0.1, -0.05) is 0 Å². The van der Waals surface area contributed by atoms with Crippen LogP contribution in [-0.2, 0) is 14.3 Å². The minimum atomic E-state index is -1.28. The number of rotatable bonds is 4. The van der Waals surface area contributed by atoms with Crippen molar-refractivity contribution in [3.05, 3.63) is 42.0 Å². The summed E-state index contributed by atoms with van der Waals surface area (Å²) in [6.45, 7) is 0. The molecule has 1 saturated carbocycles. The first-order valence-corrected chi connectivity index (χ1v) is 8.99. The maximum absolute atomic E-state index is 12.8. The molecular formula is C17H17NO3Se. The Kier molecular flexibility index (Phi) is 4.20. The molecule has 0 heterocycles. The van der Waals surface area contributed by atoms with E-state index in [9.17, 15) is 10.1 Å². The van der Waals surface area contributed by atoms with Crippen molar-refractivity contribution in [3.8, 4) is 6.07 Å². The maximum atomic E-state index is 12.8. The third-order valence-corrected chi connectivity index (χ3v) is 7.27. The van der Waals surface area contributed by atoms with Gasteiger partial charge in [0.25, 0.3) is 0 Å². The monoisotopic (exact) mass is 363 g/mol. The van der Waals surface area contributed by atoms with E-state index in [1.54, 1.807) is 0 Å². The standard InChI is InChI=1S/C17H17NO3Se/c1-20-17(21-2)14-9-15(22-12-6-4-3-5-7-12)13(16(17)19)8-11(14)10-18/h3-8,13-15H,9H2,1-2H3/t13-,14-,15-/m1/s1. The third-order valence-electron chi connectivity index (χ3n) is 4.47. The number of ether oxygens (including phenoxy) is 2. The van der Waals surface area contributed by atoms with Crippen LogP contribution < -0.4 is 4.46 Å². The SMILES string of the molecule is COC1(OC)C(=O)[C@@H]2C=C(C#N)[C@H]1C[C@H]2[Se]c1ccccc1. The molecule has 0 aliphatic heterocycles. The molecule has 114 valence electrons. The molecular weight excluding hydrogens is 345 g/mol. The number of allylic oxidation sites excluding steroid dienone is 1. The Balaban J connectivity index is 1.94. The van der Waals surface area contributed by atoms with Gasteiger partial charge in [-0.15, -0.1) is 0 Å². The van der Waals surface area contributed by atoms with Crippen LogP contribution in [0.5, 0.6) is 0 Å². The third kappa shape index (κ3) is 2.24. The summed E-state index contributed by atoms with van der Waals surface area (Å²) in [5.41, 5.74) is 0.619. The molecule has 5 heteroatoms. The van der Waals surface area contributed by atoms with Gasteiger partial charge in [0.15, 0.2) is 0 Å². The van der Waals surface area contributed by atoms with E-state index in [1.807, 2.05) is 24.3 Å². The molecule has 1 aromatic rings. The molecule has 2 bridgehead atoms. The second-order valence-corrected chi connectivity index (χ2v) is 8.21. The van der Waals surface area contributed by atoms with E-state index < -0.39 is 5.79 Å². The van der Waals surface area contributed by atoms with Crippen LogP contribution in [0.25, 0.3) is 0 Å². The number of Topliss-reactive ketones (excluding diaryl/α,β-unsaturated/α-hetero) is 1. The van der Waals surface area contributed by atoms with Gasteiger partial charge in [0.2, 0.25) is 0 Å². The molecule has 0 saturated heterocycles. The van der Waals surface area contributed by atoms with Crippen LogP contribution in [-0.4, -0.2) is 40.7 Å². The average molecular weight is 362 g/mol. The van der Waals surface area contributed by atoms with Crippen LogP contribution in [0.15, 0.2) is 42.0 Å². The molecule has 4 rings (SSSR count). The van der Waals surface area contributed by atoms with E-state index >= 15 is 0 Å². The minimum absolute atomic E-state index is 0.0458. The Hall–Kier alpha value is -1.44.